The van der Waals surface area contributed by atoms with Gasteiger partial charge in [-0.25, -0.2) is 0 Å². The van der Waals surface area contributed by atoms with Gasteiger partial charge in [-0.05, 0) is 37.3 Å². The van der Waals surface area contributed by atoms with Crippen molar-refractivity contribution in [1.29, 1.82) is 0 Å². The van der Waals surface area contributed by atoms with Crippen molar-refractivity contribution >= 4 is 58.3 Å². The highest BCUT2D eigenvalue weighted by molar-refractivity contribution is 8.00. The van der Waals surface area contributed by atoms with Crippen molar-refractivity contribution in [3.05, 3.63) is 29.8 Å². The Bertz CT molecular complexity index is 844. The molecular formula is C21H28N4O4S2. The van der Waals surface area contributed by atoms with Gasteiger partial charge in [-0.2, -0.15) is 11.8 Å². The molecule has 1 fully saturated rings. The number of rotatable bonds is 10. The Hall–Kier alpha value is -2.46. The van der Waals surface area contributed by atoms with Crippen molar-refractivity contribution < 1.29 is 19.2 Å². The van der Waals surface area contributed by atoms with Crippen LogP contribution >= 0.6 is 24.0 Å². The first-order valence-corrected chi connectivity index (χ1v) is 11.8. The number of thiocarbonyl (C=S) groups is 1. The minimum absolute atomic E-state index is 0.0457. The number of carbonyl (C=O) groups is 4. The lowest BCUT2D eigenvalue weighted by Gasteiger charge is -2.17. The molecular weight excluding hydrogens is 436 g/mol. The predicted octanol–water partition coefficient (Wildman–Crippen LogP) is 1.49. The van der Waals surface area contributed by atoms with E-state index in [1.807, 2.05) is 37.4 Å². The molecule has 31 heavy (non-hydrogen) atoms. The zero-order valence-corrected chi connectivity index (χ0v) is 19.5. The molecule has 8 nitrogen and oxygen atoms in total. The monoisotopic (exact) mass is 464 g/mol. The minimum Gasteiger partial charge on any atom is -0.347 e. The van der Waals surface area contributed by atoms with E-state index < -0.39 is 11.9 Å². The van der Waals surface area contributed by atoms with Gasteiger partial charge in [0.15, 0.2) is 0 Å². The highest BCUT2D eigenvalue weighted by Crippen LogP contribution is 2.24. The molecule has 3 N–H and O–H groups in total. The van der Waals surface area contributed by atoms with Gasteiger partial charge in [-0.3, -0.25) is 19.2 Å². The third kappa shape index (κ3) is 7.32. The van der Waals surface area contributed by atoms with Gasteiger partial charge in [0.25, 0.3) is 0 Å². The molecule has 0 aliphatic carbocycles. The average Bonchev–Trinajstić information content (AvgIpc) is 3.03. The molecule has 0 saturated carbocycles. The number of nitrogens with zero attached hydrogens (tertiary/aromatic N) is 1. The average molecular weight is 465 g/mol. The van der Waals surface area contributed by atoms with Gasteiger partial charge in [0.2, 0.25) is 23.6 Å². The summed E-state index contributed by atoms with van der Waals surface area (Å²) in [5, 5.41) is 7.60. The van der Waals surface area contributed by atoms with Crippen LogP contribution in [0.3, 0.4) is 0 Å². The molecule has 1 aromatic rings. The Labute approximate surface area is 191 Å². The van der Waals surface area contributed by atoms with E-state index in [-0.39, 0.29) is 42.5 Å². The van der Waals surface area contributed by atoms with Crippen LogP contribution < -0.4 is 16.0 Å². The number of carbonyl (C=O) groups excluding carboxylic acids is 4. The number of amides is 4. The normalized spacial score (nSPS) is 16.7. The largest absolute Gasteiger partial charge is 0.347 e. The summed E-state index contributed by atoms with van der Waals surface area (Å²) >= 11 is 6.65. The Morgan fingerprint density at radius 2 is 1.90 bits per heavy atom. The number of benzene rings is 1. The maximum atomic E-state index is 12.2. The van der Waals surface area contributed by atoms with Crippen LogP contribution in [-0.4, -0.2) is 64.2 Å². The van der Waals surface area contributed by atoms with E-state index in [1.165, 1.54) is 16.7 Å². The lowest BCUT2D eigenvalue weighted by Crippen LogP contribution is -2.46. The summed E-state index contributed by atoms with van der Waals surface area (Å²) in [5.41, 5.74) is 1.81. The lowest BCUT2D eigenvalue weighted by molar-refractivity contribution is -0.128. The number of nitrogens with one attached hydrogen (secondary N) is 3. The molecule has 0 aromatic heterocycles. The fourth-order valence-electron chi connectivity index (χ4n) is 2.98. The summed E-state index contributed by atoms with van der Waals surface area (Å²) in [5.74, 6) is -1.28. The number of hydrogen-bond donors (Lipinski definition) is 3. The molecule has 0 spiro atoms. The maximum absolute atomic E-state index is 12.2. The molecule has 4 amide bonds. The summed E-state index contributed by atoms with van der Waals surface area (Å²) in [6.07, 6.45) is 3.32. The highest BCUT2D eigenvalue weighted by Gasteiger charge is 2.35. The van der Waals surface area contributed by atoms with Crippen LogP contribution in [0.5, 0.6) is 0 Å². The second-order valence-electron chi connectivity index (χ2n) is 7.17. The molecule has 1 heterocycles. The molecule has 1 aliphatic heterocycles. The topological polar surface area (TPSA) is 108 Å². The molecule has 2 unspecified atom stereocenters. The van der Waals surface area contributed by atoms with E-state index in [0.29, 0.717) is 17.1 Å². The van der Waals surface area contributed by atoms with Crippen molar-refractivity contribution in [2.24, 2.45) is 0 Å². The van der Waals surface area contributed by atoms with E-state index in [9.17, 15) is 19.2 Å². The quantitative estimate of drug-likeness (QED) is 0.453. The summed E-state index contributed by atoms with van der Waals surface area (Å²) in [6, 6.07) is 6.71. The molecule has 1 aliphatic rings. The Balaban J connectivity index is 1.70. The van der Waals surface area contributed by atoms with Crippen LogP contribution in [0.2, 0.25) is 0 Å². The van der Waals surface area contributed by atoms with Crippen molar-refractivity contribution in [2.45, 2.75) is 44.4 Å². The fourth-order valence-corrected chi connectivity index (χ4v) is 4.09. The summed E-state index contributed by atoms with van der Waals surface area (Å²) in [7, 11) is 0. The number of hydrogen-bond acceptors (Lipinski definition) is 6. The van der Waals surface area contributed by atoms with Gasteiger partial charge in [-0.15, -0.1) is 0 Å². The maximum Gasteiger partial charge on any atom is 0.246 e. The molecule has 10 heteroatoms. The summed E-state index contributed by atoms with van der Waals surface area (Å²) < 4.78 is 0. The number of aryl methyl sites for hydroxylation is 1. The van der Waals surface area contributed by atoms with Crippen LogP contribution in [0, 0.1) is 0 Å². The first-order valence-electron chi connectivity index (χ1n) is 10.1. The van der Waals surface area contributed by atoms with E-state index in [2.05, 4.69) is 16.0 Å². The van der Waals surface area contributed by atoms with Gasteiger partial charge in [-0.1, -0.05) is 31.3 Å². The van der Waals surface area contributed by atoms with Crippen LogP contribution in [-0.2, 0) is 25.6 Å². The fraction of sp³-hybridized carbons (Fsp3) is 0.476. The summed E-state index contributed by atoms with van der Waals surface area (Å²) in [6.45, 7) is 3.55. The Morgan fingerprint density at radius 1 is 1.23 bits per heavy atom. The van der Waals surface area contributed by atoms with Crippen molar-refractivity contribution in [2.75, 3.05) is 24.7 Å². The minimum atomic E-state index is -0.765. The van der Waals surface area contributed by atoms with Gasteiger partial charge >= 0.3 is 0 Å². The van der Waals surface area contributed by atoms with E-state index in [1.54, 1.807) is 6.92 Å². The van der Waals surface area contributed by atoms with Crippen molar-refractivity contribution in [1.82, 2.24) is 15.5 Å². The third-order valence-corrected chi connectivity index (χ3v) is 6.22. The van der Waals surface area contributed by atoms with Crippen LogP contribution in [0.15, 0.2) is 24.3 Å². The number of thioether (sulfide) groups is 1. The number of likely N-dealkylation sites (tertiary alicyclic amines) is 1. The summed E-state index contributed by atoms with van der Waals surface area (Å²) in [4.78, 5) is 50.5. The molecule has 2 rings (SSSR count). The first kappa shape index (κ1) is 24.8. The third-order valence-electron chi connectivity index (χ3n) is 4.90. The first-order chi connectivity index (χ1) is 14.7. The molecule has 1 aromatic carbocycles. The van der Waals surface area contributed by atoms with Gasteiger partial charge in [0.05, 0.1) is 16.8 Å². The molecule has 168 valence electrons. The highest BCUT2D eigenvalue weighted by atomic mass is 32.2. The van der Waals surface area contributed by atoms with Crippen LogP contribution in [0.25, 0.3) is 0 Å². The lowest BCUT2D eigenvalue weighted by atomic mass is 10.1. The molecule has 0 bridgehead atoms. The Morgan fingerprint density at radius 3 is 2.48 bits per heavy atom. The smallest absolute Gasteiger partial charge is 0.246 e. The van der Waals surface area contributed by atoms with E-state index >= 15 is 0 Å². The van der Waals surface area contributed by atoms with E-state index in [4.69, 9.17) is 12.2 Å². The second kappa shape index (κ2) is 11.8. The van der Waals surface area contributed by atoms with Gasteiger partial charge < -0.3 is 20.9 Å². The second-order valence-corrected chi connectivity index (χ2v) is 8.68. The zero-order valence-electron chi connectivity index (χ0n) is 17.9. The molecule has 0 radical (unpaired) electrons. The van der Waals surface area contributed by atoms with Crippen LogP contribution in [0.4, 0.5) is 5.69 Å². The van der Waals surface area contributed by atoms with Crippen molar-refractivity contribution in [3.63, 3.8) is 0 Å². The standard InChI is InChI=1S/C21H28N4O4S2/c1-4-14-5-7-15(8-6-14)24-20(28)13(2)23-18(27)12-22-17(26)9-10-25-19(30)11-16(31-3)21(25)29/h5-8,13,16H,4,9-12H2,1-3H3,(H,22,26)(H,23,27)(H,24,28). The van der Waals surface area contributed by atoms with E-state index in [0.717, 1.165) is 12.0 Å². The number of anilines is 1. The van der Waals surface area contributed by atoms with Gasteiger partial charge in [0.1, 0.15) is 6.04 Å². The SMILES string of the molecule is CCc1ccc(NC(=O)C(C)NC(=O)CNC(=O)CCN2C(=O)C(SC)CC2=S)cc1. The van der Waals surface area contributed by atoms with Crippen LogP contribution in [0.1, 0.15) is 32.3 Å². The molecule has 1 saturated heterocycles. The van der Waals surface area contributed by atoms with Gasteiger partial charge in [0, 0.05) is 25.1 Å². The molecule has 2 atom stereocenters. The Kier molecular flexibility index (Phi) is 9.44. The zero-order chi connectivity index (χ0) is 23.0. The van der Waals surface area contributed by atoms with Crippen molar-refractivity contribution in [3.8, 4) is 0 Å². The predicted molar refractivity (Wildman–Crippen MR) is 126 cm³/mol.